The van der Waals surface area contributed by atoms with Gasteiger partial charge in [-0.25, -0.2) is 9.97 Å². The van der Waals surface area contributed by atoms with Crippen molar-refractivity contribution in [3.05, 3.63) is 29.8 Å². The van der Waals surface area contributed by atoms with Crippen molar-refractivity contribution in [2.24, 2.45) is 5.92 Å². The van der Waals surface area contributed by atoms with Crippen molar-refractivity contribution in [3.8, 4) is 11.6 Å². The number of amides is 1. The Morgan fingerprint density at radius 2 is 2.12 bits per heavy atom. The van der Waals surface area contributed by atoms with Crippen LogP contribution in [0.5, 0.6) is 0 Å². The zero-order valence-electron chi connectivity index (χ0n) is 13.9. The number of carbonyl (C=O) groups is 1. The largest absolute Gasteiger partial charge is 0.458 e. The Balaban J connectivity index is 1.84. The third-order valence-electron chi connectivity index (χ3n) is 4.02. The predicted octanol–water partition coefficient (Wildman–Crippen LogP) is 3.16. The van der Waals surface area contributed by atoms with Crippen LogP contribution in [-0.4, -0.2) is 25.5 Å². The lowest BCUT2D eigenvalue weighted by atomic mass is 10.2. The molecule has 3 aromatic rings. The summed E-state index contributed by atoms with van der Waals surface area (Å²) in [6.45, 7) is 5.95. The number of furan rings is 1. The summed E-state index contributed by atoms with van der Waals surface area (Å²) in [5.41, 5.74) is 0.642. The molecule has 124 valence electrons. The first-order valence-corrected chi connectivity index (χ1v) is 8.16. The van der Waals surface area contributed by atoms with E-state index in [1.165, 1.54) is 0 Å². The molecule has 1 N–H and O–H groups in total. The van der Waals surface area contributed by atoms with Crippen LogP contribution >= 0.6 is 0 Å². The number of carbonyl (C=O) groups excluding carboxylic acids is 1. The van der Waals surface area contributed by atoms with Gasteiger partial charge in [0, 0.05) is 17.9 Å². The van der Waals surface area contributed by atoms with E-state index in [0.717, 1.165) is 24.4 Å². The highest BCUT2D eigenvalue weighted by atomic mass is 16.3. The van der Waals surface area contributed by atoms with Crippen molar-refractivity contribution in [2.45, 2.75) is 39.5 Å². The summed E-state index contributed by atoms with van der Waals surface area (Å²) < 4.78 is 7.37. The zero-order valence-corrected chi connectivity index (χ0v) is 13.9. The maximum absolute atomic E-state index is 12.1. The summed E-state index contributed by atoms with van der Waals surface area (Å²) in [4.78, 5) is 21.2. The SMILES string of the molecule is Cc1ccc(-c2nc(NC(=O)C3CC3)cc3nc(C(C)C)nn23)o1. The van der Waals surface area contributed by atoms with Gasteiger partial charge in [0.15, 0.2) is 17.2 Å². The van der Waals surface area contributed by atoms with Gasteiger partial charge in [-0.3, -0.25) is 4.79 Å². The van der Waals surface area contributed by atoms with Gasteiger partial charge in [0.1, 0.15) is 11.6 Å². The molecule has 24 heavy (non-hydrogen) atoms. The Morgan fingerprint density at radius 1 is 1.33 bits per heavy atom. The summed E-state index contributed by atoms with van der Waals surface area (Å²) in [6, 6.07) is 5.47. The van der Waals surface area contributed by atoms with Crippen molar-refractivity contribution >= 4 is 17.4 Å². The molecule has 1 amide bonds. The summed E-state index contributed by atoms with van der Waals surface area (Å²) in [7, 11) is 0. The molecule has 0 aliphatic heterocycles. The normalized spacial score (nSPS) is 14.5. The summed E-state index contributed by atoms with van der Waals surface area (Å²) in [6.07, 6.45) is 1.89. The molecule has 1 saturated carbocycles. The van der Waals surface area contributed by atoms with Crippen LogP contribution in [-0.2, 0) is 4.79 Å². The van der Waals surface area contributed by atoms with Crippen molar-refractivity contribution in [2.75, 3.05) is 5.32 Å². The third-order valence-corrected chi connectivity index (χ3v) is 4.02. The molecule has 0 atom stereocenters. The molecule has 3 heterocycles. The molecule has 0 aromatic carbocycles. The molecule has 0 radical (unpaired) electrons. The Kier molecular flexibility index (Phi) is 3.37. The summed E-state index contributed by atoms with van der Waals surface area (Å²) in [5, 5.41) is 7.41. The smallest absolute Gasteiger partial charge is 0.228 e. The standard InChI is InChI=1S/C17H19N5O2/c1-9(2)15-20-14-8-13(19-17(23)11-5-6-11)18-16(22(14)21-15)12-7-4-10(3)24-12/h4,7-9,11H,5-6H2,1-3H3,(H,19,23). The topological polar surface area (TPSA) is 85.3 Å². The van der Waals surface area contributed by atoms with Crippen molar-refractivity contribution in [1.82, 2.24) is 19.6 Å². The molecule has 7 nitrogen and oxygen atoms in total. The van der Waals surface area contributed by atoms with Crippen molar-refractivity contribution < 1.29 is 9.21 Å². The van der Waals surface area contributed by atoms with Crippen molar-refractivity contribution in [1.29, 1.82) is 0 Å². The van der Waals surface area contributed by atoms with E-state index < -0.39 is 0 Å². The molecule has 0 saturated heterocycles. The van der Waals surface area contributed by atoms with E-state index in [2.05, 4.69) is 20.4 Å². The zero-order chi connectivity index (χ0) is 16.8. The van der Waals surface area contributed by atoms with Gasteiger partial charge in [0.25, 0.3) is 0 Å². The fourth-order valence-electron chi connectivity index (χ4n) is 2.50. The van der Waals surface area contributed by atoms with Crippen LogP contribution < -0.4 is 5.32 Å². The van der Waals surface area contributed by atoms with Crippen molar-refractivity contribution in [3.63, 3.8) is 0 Å². The number of anilines is 1. The molecule has 0 unspecified atom stereocenters. The Hall–Kier alpha value is -2.70. The number of hydrogen-bond acceptors (Lipinski definition) is 5. The Labute approximate surface area is 139 Å². The second kappa shape index (κ2) is 5.43. The first-order chi connectivity index (χ1) is 11.5. The minimum atomic E-state index is 0.0111. The molecular weight excluding hydrogens is 306 g/mol. The number of nitrogens with one attached hydrogen (secondary N) is 1. The lowest BCUT2D eigenvalue weighted by Gasteiger charge is -2.06. The second-order valence-electron chi connectivity index (χ2n) is 6.53. The van der Waals surface area contributed by atoms with Crippen LogP contribution in [0.2, 0.25) is 0 Å². The van der Waals surface area contributed by atoms with Crippen LogP contribution in [0.1, 0.15) is 44.2 Å². The minimum absolute atomic E-state index is 0.0111. The quantitative estimate of drug-likeness (QED) is 0.796. The fraction of sp³-hybridized carbons (Fsp3) is 0.412. The number of nitrogens with zero attached hydrogens (tertiary/aromatic N) is 4. The number of rotatable bonds is 4. The van der Waals surface area contributed by atoms with Gasteiger partial charge in [-0.05, 0) is 31.9 Å². The lowest BCUT2D eigenvalue weighted by Crippen LogP contribution is -2.15. The fourth-order valence-corrected chi connectivity index (χ4v) is 2.50. The van der Waals surface area contributed by atoms with E-state index in [4.69, 9.17) is 4.42 Å². The molecule has 4 rings (SSSR count). The van der Waals surface area contributed by atoms with E-state index in [0.29, 0.717) is 23.0 Å². The van der Waals surface area contributed by atoms with Gasteiger partial charge in [-0.2, -0.15) is 4.52 Å². The van der Waals surface area contributed by atoms with Gasteiger partial charge >= 0.3 is 0 Å². The van der Waals surface area contributed by atoms with Gasteiger partial charge in [-0.15, -0.1) is 5.10 Å². The van der Waals surface area contributed by atoms with Crippen LogP contribution in [0.15, 0.2) is 22.6 Å². The first-order valence-electron chi connectivity index (χ1n) is 8.16. The minimum Gasteiger partial charge on any atom is -0.458 e. The monoisotopic (exact) mass is 325 g/mol. The summed E-state index contributed by atoms with van der Waals surface area (Å²) >= 11 is 0. The van der Waals surface area contributed by atoms with E-state index in [1.807, 2.05) is 32.9 Å². The van der Waals surface area contributed by atoms with E-state index in [-0.39, 0.29) is 17.7 Å². The summed E-state index contributed by atoms with van der Waals surface area (Å²) in [5.74, 6) is 3.44. The molecule has 7 heteroatoms. The lowest BCUT2D eigenvalue weighted by molar-refractivity contribution is -0.117. The molecule has 1 aliphatic carbocycles. The second-order valence-corrected chi connectivity index (χ2v) is 6.53. The maximum Gasteiger partial charge on any atom is 0.228 e. The average molecular weight is 325 g/mol. The highest BCUT2D eigenvalue weighted by Crippen LogP contribution is 2.30. The Morgan fingerprint density at radius 3 is 2.75 bits per heavy atom. The maximum atomic E-state index is 12.1. The number of aryl methyl sites for hydroxylation is 1. The molecule has 3 aromatic heterocycles. The highest BCUT2D eigenvalue weighted by molar-refractivity contribution is 5.93. The highest BCUT2D eigenvalue weighted by Gasteiger charge is 2.30. The molecule has 0 bridgehead atoms. The molecule has 1 fully saturated rings. The van der Waals surface area contributed by atoms with Crippen LogP contribution in [0.25, 0.3) is 17.2 Å². The third kappa shape index (κ3) is 2.66. The molecule has 0 spiro atoms. The van der Waals surface area contributed by atoms with Crippen LogP contribution in [0, 0.1) is 12.8 Å². The molecule has 1 aliphatic rings. The van der Waals surface area contributed by atoms with E-state index in [9.17, 15) is 4.79 Å². The molecular formula is C17H19N5O2. The van der Waals surface area contributed by atoms with E-state index in [1.54, 1.807) is 10.6 Å². The van der Waals surface area contributed by atoms with Gasteiger partial charge in [0.2, 0.25) is 11.7 Å². The van der Waals surface area contributed by atoms with Crippen LogP contribution in [0.4, 0.5) is 5.82 Å². The van der Waals surface area contributed by atoms with Gasteiger partial charge < -0.3 is 9.73 Å². The Bertz CT molecular complexity index is 920. The first kappa shape index (κ1) is 14.9. The number of fused-ring (bicyclic) bond motifs is 1. The van der Waals surface area contributed by atoms with E-state index >= 15 is 0 Å². The number of hydrogen-bond donors (Lipinski definition) is 1. The van der Waals surface area contributed by atoms with Gasteiger partial charge in [0.05, 0.1) is 0 Å². The van der Waals surface area contributed by atoms with Crippen LogP contribution in [0.3, 0.4) is 0 Å². The number of aromatic nitrogens is 4. The van der Waals surface area contributed by atoms with Gasteiger partial charge in [-0.1, -0.05) is 13.8 Å². The predicted molar refractivity (Wildman–Crippen MR) is 88.7 cm³/mol. The average Bonchev–Trinajstić information content (AvgIpc) is 3.16.